The molecule has 0 saturated carbocycles. The number of ether oxygens (including phenoxy) is 1. The summed E-state index contributed by atoms with van der Waals surface area (Å²) in [7, 11) is 0. The third kappa shape index (κ3) is 3.57. The summed E-state index contributed by atoms with van der Waals surface area (Å²) in [4.78, 5) is 0. The molecule has 1 aliphatic heterocycles. The minimum absolute atomic E-state index is 0.000750. The fourth-order valence-electron chi connectivity index (χ4n) is 2.44. The van der Waals surface area contributed by atoms with Gasteiger partial charge in [0.05, 0.1) is 11.6 Å². The van der Waals surface area contributed by atoms with Crippen LogP contribution in [0.4, 0.5) is 0 Å². The summed E-state index contributed by atoms with van der Waals surface area (Å²) in [5, 5.41) is 15.1. The number of rotatable bonds is 5. The average Bonchev–Trinajstić information content (AvgIpc) is 2.37. The molecule has 1 aliphatic rings. The van der Waals surface area contributed by atoms with E-state index in [1.807, 2.05) is 6.92 Å². The molecule has 0 aromatic heterocycles. The van der Waals surface area contributed by atoms with Crippen LogP contribution in [0.15, 0.2) is 5.16 Å². The van der Waals surface area contributed by atoms with Crippen molar-refractivity contribution in [2.75, 3.05) is 6.61 Å². The fraction of sp³-hybridized carbons (Fsp3) is 0.917. The maximum absolute atomic E-state index is 8.63. The lowest BCUT2D eigenvalue weighted by Crippen LogP contribution is -2.51. The lowest BCUT2D eigenvalue weighted by molar-refractivity contribution is -0.0933. The van der Waals surface area contributed by atoms with Gasteiger partial charge in [0.2, 0.25) is 0 Å². The summed E-state index contributed by atoms with van der Waals surface area (Å²) >= 11 is 0. The Kier molecular flexibility index (Phi) is 5.21. The van der Waals surface area contributed by atoms with E-state index in [0.29, 0.717) is 6.04 Å². The number of hydrogen-bond donors (Lipinski definition) is 3. The summed E-state index contributed by atoms with van der Waals surface area (Å²) in [5.74, 6) is 0.232. The van der Waals surface area contributed by atoms with Gasteiger partial charge in [-0.3, -0.25) is 0 Å². The highest BCUT2D eigenvalue weighted by Crippen LogP contribution is 2.31. The van der Waals surface area contributed by atoms with Crippen LogP contribution < -0.4 is 11.1 Å². The SMILES string of the molecule is CCC1(CC)CC(NC(C)C(N)=NO)CCO1. The molecule has 1 saturated heterocycles. The number of oxime groups is 1. The molecular formula is C12H25N3O2. The van der Waals surface area contributed by atoms with Crippen LogP contribution in [0.3, 0.4) is 0 Å². The van der Waals surface area contributed by atoms with Crippen LogP contribution in [0.5, 0.6) is 0 Å². The summed E-state index contributed by atoms with van der Waals surface area (Å²) in [6.07, 6.45) is 4.02. The van der Waals surface area contributed by atoms with E-state index in [1.165, 1.54) is 0 Å². The van der Waals surface area contributed by atoms with E-state index < -0.39 is 0 Å². The third-order valence-electron chi connectivity index (χ3n) is 3.83. The minimum Gasteiger partial charge on any atom is -0.409 e. The molecule has 2 atom stereocenters. The largest absolute Gasteiger partial charge is 0.409 e. The zero-order valence-electron chi connectivity index (χ0n) is 11.1. The average molecular weight is 243 g/mol. The van der Waals surface area contributed by atoms with Crippen molar-refractivity contribution in [1.29, 1.82) is 0 Å². The Morgan fingerprint density at radius 2 is 2.24 bits per heavy atom. The molecule has 17 heavy (non-hydrogen) atoms. The molecule has 0 aliphatic carbocycles. The molecule has 2 unspecified atom stereocenters. The number of hydrogen-bond acceptors (Lipinski definition) is 4. The third-order valence-corrected chi connectivity index (χ3v) is 3.83. The van der Waals surface area contributed by atoms with Crippen LogP contribution in [0.25, 0.3) is 0 Å². The summed E-state index contributed by atoms with van der Waals surface area (Å²) in [6, 6.07) is 0.272. The predicted octanol–water partition coefficient (Wildman–Crippen LogP) is 1.45. The molecule has 0 aromatic carbocycles. The van der Waals surface area contributed by atoms with Crippen molar-refractivity contribution in [2.24, 2.45) is 10.9 Å². The zero-order valence-corrected chi connectivity index (χ0v) is 11.1. The van der Waals surface area contributed by atoms with Gasteiger partial charge in [0.1, 0.15) is 0 Å². The van der Waals surface area contributed by atoms with Gasteiger partial charge < -0.3 is 21.0 Å². The van der Waals surface area contributed by atoms with Crippen molar-refractivity contribution < 1.29 is 9.94 Å². The van der Waals surface area contributed by atoms with Gasteiger partial charge in [0.15, 0.2) is 5.84 Å². The van der Waals surface area contributed by atoms with Gasteiger partial charge in [-0.15, -0.1) is 0 Å². The summed E-state index contributed by atoms with van der Waals surface area (Å²) in [6.45, 7) is 7.02. The van der Waals surface area contributed by atoms with Crippen molar-refractivity contribution in [2.45, 2.75) is 64.1 Å². The Labute approximate surface area is 103 Å². The highest BCUT2D eigenvalue weighted by atomic mass is 16.5. The Morgan fingerprint density at radius 3 is 2.76 bits per heavy atom. The number of nitrogens with two attached hydrogens (primary N) is 1. The van der Waals surface area contributed by atoms with E-state index in [-0.39, 0.29) is 17.5 Å². The first kappa shape index (κ1) is 14.3. The molecule has 1 fully saturated rings. The van der Waals surface area contributed by atoms with E-state index in [1.54, 1.807) is 0 Å². The molecule has 0 bridgehead atoms. The first-order chi connectivity index (χ1) is 8.06. The fourth-order valence-corrected chi connectivity index (χ4v) is 2.44. The molecule has 0 aromatic rings. The maximum atomic E-state index is 8.63. The van der Waals surface area contributed by atoms with Crippen LogP contribution in [0.2, 0.25) is 0 Å². The Bertz CT molecular complexity index is 264. The number of amidine groups is 1. The molecule has 0 amide bonds. The van der Waals surface area contributed by atoms with Crippen molar-refractivity contribution in [3.05, 3.63) is 0 Å². The molecular weight excluding hydrogens is 218 g/mol. The lowest BCUT2D eigenvalue weighted by Gasteiger charge is -2.41. The first-order valence-corrected chi connectivity index (χ1v) is 6.44. The van der Waals surface area contributed by atoms with E-state index in [9.17, 15) is 0 Å². The van der Waals surface area contributed by atoms with Gasteiger partial charge >= 0.3 is 0 Å². The molecule has 4 N–H and O–H groups in total. The summed E-state index contributed by atoms with van der Waals surface area (Å²) < 4.78 is 5.91. The van der Waals surface area contributed by atoms with Crippen LogP contribution in [0, 0.1) is 0 Å². The molecule has 0 radical (unpaired) electrons. The van der Waals surface area contributed by atoms with Gasteiger partial charge in [-0.05, 0) is 32.6 Å². The van der Waals surface area contributed by atoms with Crippen molar-refractivity contribution in [3.8, 4) is 0 Å². The van der Waals surface area contributed by atoms with Crippen molar-refractivity contribution in [1.82, 2.24) is 5.32 Å². The molecule has 5 nitrogen and oxygen atoms in total. The van der Waals surface area contributed by atoms with E-state index in [0.717, 1.165) is 32.3 Å². The first-order valence-electron chi connectivity index (χ1n) is 6.44. The highest BCUT2D eigenvalue weighted by molar-refractivity contribution is 5.84. The smallest absolute Gasteiger partial charge is 0.156 e. The van der Waals surface area contributed by atoms with Crippen molar-refractivity contribution in [3.63, 3.8) is 0 Å². The predicted molar refractivity (Wildman–Crippen MR) is 68.3 cm³/mol. The van der Waals surface area contributed by atoms with Crippen LogP contribution in [-0.2, 0) is 4.74 Å². The topological polar surface area (TPSA) is 79.9 Å². The van der Waals surface area contributed by atoms with Gasteiger partial charge in [0.25, 0.3) is 0 Å². The number of nitrogens with one attached hydrogen (secondary N) is 1. The Hall–Kier alpha value is -0.810. The van der Waals surface area contributed by atoms with Crippen molar-refractivity contribution >= 4 is 5.84 Å². The zero-order chi connectivity index (χ0) is 12.9. The normalized spacial score (nSPS) is 26.8. The number of nitrogens with zero attached hydrogens (tertiary/aromatic N) is 1. The van der Waals surface area contributed by atoms with E-state index >= 15 is 0 Å². The molecule has 100 valence electrons. The standard InChI is InChI=1S/C12H25N3O2/c1-4-12(5-2)8-10(6-7-17-12)14-9(3)11(13)15-16/h9-10,14,16H,4-8H2,1-3H3,(H2,13,15). The van der Waals surface area contributed by atoms with Crippen LogP contribution in [-0.4, -0.2) is 35.3 Å². The van der Waals surface area contributed by atoms with E-state index in [2.05, 4.69) is 24.3 Å². The molecule has 0 spiro atoms. The minimum atomic E-state index is -0.102. The summed E-state index contributed by atoms with van der Waals surface area (Å²) in [5.41, 5.74) is 5.57. The van der Waals surface area contributed by atoms with E-state index in [4.69, 9.17) is 15.7 Å². The highest BCUT2D eigenvalue weighted by Gasteiger charge is 2.34. The monoisotopic (exact) mass is 243 g/mol. The van der Waals surface area contributed by atoms with Crippen LogP contribution in [0.1, 0.15) is 46.5 Å². The maximum Gasteiger partial charge on any atom is 0.156 e. The second kappa shape index (κ2) is 6.21. The molecule has 1 rings (SSSR count). The quantitative estimate of drug-likeness (QED) is 0.295. The molecule has 5 heteroatoms. The Morgan fingerprint density at radius 1 is 1.59 bits per heavy atom. The second-order valence-corrected chi connectivity index (χ2v) is 4.84. The van der Waals surface area contributed by atoms with Gasteiger partial charge in [0, 0.05) is 12.6 Å². The second-order valence-electron chi connectivity index (χ2n) is 4.84. The lowest BCUT2D eigenvalue weighted by atomic mass is 9.85. The van der Waals surface area contributed by atoms with Gasteiger partial charge in [-0.25, -0.2) is 0 Å². The van der Waals surface area contributed by atoms with Gasteiger partial charge in [-0.2, -0.15) is 0 Å². The van der Waals surface area contributed by atoms with Gasteiger partial charge in [-0.1, -0.05) is 19.0 Å². The van der Waals surface area contributed by atoms with Crippen LogP contribution >= 0.6 is 0 Å². The Balaban J connectivity index is 2.55. The molecule has 1 heterocycles.